The molecular formula is C27H47NO3Si. The third-order valence-corrected chi connectivity index (χ3v) is 13.3. The van der Waals surface area contributed by atoms with E-state index in [4.69, 9.17) is 18.9 Å². The van der Waals surface area contributed by atoms with Crippen molar-refractivity contribution in [2.75, 3.05) is 19.8 Å². The highest BCUT2D eigenvalue weighted by molar-refractivity contribution is 6.73. The lowest BCUT2D eigenvalue weighted by Crippen LogP contribution is -2.49. The summed E-state index contributed by atoms with van der Waals surface area (Å²) >= 11 is 0. The van der Waals surface area contributed by atoms with Gasteiger partial charge in [0.15, 0.2) is 14.1 Å². The number of aliphatic imine (C=N–C) groups is 1. The van der Waals surface area contributed by atoms with E-state index in [1.165, 1.54) is 47.8 Å². The van der Waals surface area contributed by atoms with E-state index in [0.717, 1.165) is 38.8 Å². The topological polar surface area (TPSA) is 40.0 Å². The summed E-state index contributed by atoms with van der Waals surface area (Å²) in [5.41, 5.74) is 4.51. The first-order valence-corrected chi connectivity index (χ1v) is 15.6. The molecule has 0 amide bonds. The van der Waals surface area contributed by atoms with Gasteiger partial charge >= 0.3 is 0 Å². The Hall–Kier alpha value is -0.753. The van der Waals surface area contributed by atoms with Crippen molar-refractivity contribution in [1.29, 1.82) is 0 Å². The van der Waals surface area contributed by atoms with Crippen LogP contribution in [-0.4, -0.2) is 45.7 Å². The maximum absolute atomic E-state index is 6.98. The molecule has 1 saturated heterocycles. The van der Waals surface area contributed by atoms with Gasteiger partial charge in [-0.2, -0.15) is 0 Å². The smallest absolute Gasteiger partial charge is 0.192 e. The van der Waals surface area contributed by atoms with Crippen molar-refractivity contribution in [1.82, 2.24) is 0 Å². The molecule has 3 aliphatic rings. The van der Waals surface area contributed by atoms with Crippen molar-refractivity contribution >= 4 is 14.0 Å². The highest BCUT2D eigenvalue weighted by atomic mass is 28.4. The van der Waals surface area contributed by atoms with Gasteiger partial charge in [0.25, 0.3) is 0 Å². The standard InChI is InChI=1S/C27H47NO3Si/c1-8-12-14-25-27(16-13-18-28-25)17-15-22(24-20-29-26(6,7)31-24)21(5)23(27)19-30-32(9-2,10-3)11-4/h8,23-24H,1,9-20H2,2-7H3/t23-,24+,27+/m1/s1. The molecule has 3 rings (SSSR count). The van der Waals surface area contributed by atoms with E-state index in [1.807, 2.05) is 19.9 Å². The predicted molar refractivity (Wildman–Crippen MR) is 137 cm³/mol. The third-order valence-electron chi connectivity index (χ3n) is 8.67. The first-order valence-electron chi connectivity index (χ1n) is 13.1. The zero-order chi connectivity index (χ0) is 23.4. The van der Waals surface area contributed by atoms with Crippen molar-refractivity contribution in [3.63, 3.8) is 0 Å². The second-order valence-corrected chi connectivity index (χ2v) is 15.3. The molecule has 2 heterocycles. The molecule has 0 N–H and O–H groups in total. The fraction of sp³-hybridized carbons (Fsp3) is 0.815. The number of ether oxygens (including phenoxy) is 2. The lowest BCUT2D eigenvalue weighted by Gasteiger charge is -2.49. The fourth-order valence-corrected chi connectivity index (χ4v) is 9.00. The van der Waals surface area contributed by atoms with Gasteiger partial charge in [0.1, 0.15) is 6.10 Å². The Kier molecular flexibility index (Phi) is 8.62. The summed E-state index contributed by atoms with van der Waals surface area (Å²) in [6, 6.07) is 3.58. The van der Waals surface area contributed by atoms with E-state index in [9.17, 15) is 0 Å². The second kappa shape index (κ2) is 10.7. The molecule has 0 aromatic carbocycles. The minimum Gasteiger partial charge on any atom is -0.416 e. The average molecular weight is 462 g/mol. The maximum atomic E-state index is 6.98. The monoisotopic (exact) mass is 461 g/mol. The van der Waals surface area contributed by atoms with E-state index in [2.05, 4.69) is 34.3 Å². The molecule has 1 aliphatic carbocycles. The molecule has 3 atom stereocenters. The molecule has 4 nitrogen and oxygen atoms in total. The lowest BCUT2D eigenvalue weighted by atomic mass is 9.58. The van der Waals surface area contributed by atoms with E-state index in [-0.39, 0.29) is 11.5 Å². The molecule has 0 aromatic rings. The summed E-state index contributed by atoms with van der Waals surface area (Å²) in [7, 11) is -1.67. The van der Waals surface area contributed by atoms with Crippen molar-refractivity contribution in [2.24, 2.45) is 16.3 Å². The second-order valence-electron chi connectivity index (χ2n) is 10.5. The van der Waals surface area contributed by atoms with E-state index < -0.39 is 14.1 Å². The Labute approximate surface area is 198 Å². The van der Waals surface area contributed by atoms with Crippen LogP contribution >= 0.6 is 0 Å². The van der Waals surface area contributed by atoms with Gasteiger partial charge in [0.2, 0.25) is 0 Å². The minimum absolute atomic E-state index is 0.0764. The van der Waals surface area contributed by atoms with Crippen molar-refractivity contribution in [3.05, 3.63) is 23.8 Å². The Bertz CT molecular complexity index is 716. The highest BCUT2D eigenvalue weighted by Crippen LogP contribution is 2.52. The van der Waals surface area contributed by atoms with Gasteiger partial charge in [-0.15, -0.1) is 6.58 Å². The fourth-order valence-electron chi connectivity index (χ4n) is 6.36. The van der Waals surface area contributed by atoms with Crippen molar-refractivity contribution < 1.29 is 13.9 Å². The quantitative estimate of drug-likeness (QED) is 0.258. The summed E-state index contributed by atoms with van der Waals surface area (Å²) in [6.07, 6.45) is 8.82. The van der Waals surface area contributed by atoms with Crippen LogP contribution < -0.4 is 0 Å². The van der Waals surface area contributed by atoms with Crippen LogP contribution in [0, 0.1) is 11.3 Å². The van der Waals surface area contributed by atoms with Gasteiger partial charge in [-0.1, -0.05) is 32.4 Å². The molecule has 32 heavy (non-hydrogen) atoms. The Balaban J connectivity index is 1.97. The summed E-state index contributed by atoms with van der Waals surface area (Å²) < 4.78 is 19.3. The van der Waals surface area contributed by atoms with Crippen LogP contribution in [0.3, 0.4) is 0 Å². The van der Waals surface area contributed by atoms with Gasteiger partial charge < -0.3 is 13.9 Å². The van der Waals surface area contributed by atoms with Gasteiger partial charge in [0, 0.05) is 30.2 Å². The minimum atomic E-state index is -1.67. The number of nitrogens with zero attached hydrogens (tertiary/aromatic N) is 1. The van der Waals surface area contributed by atoms with Gasteiger partial charge in [-0.05, 0) is 83.0 Å². The predicted octanol–water partition coefficient (Wildman–Crippen LogP) is 7.07. The van der Waals surface area contributed by atoms with Crippen LogP contribution in [0.2, 0.25) is 18.1 Å². The first kappa shape index (κ1) is 25.9. The molecule has 1 fully saturated rings. The van der Waals surface area contributed by atoms with Crippen LogP contribution in [-0.2, 0) is 13.9 Å². The lowest BCUT2D eigenvalue weighted by molar-refractivity contribution is -0.134. The molecule has 0 radical (unpaired) electrons. The van der Waals surface area contributed by atoms with Crippen LogP contribution in [0.5, 0.6) is 0 Å². The van der Waals surface area contributed by atoms with Gasteiger partial charge in [-0.25, -0.2) is 0 Å². The van der Waals surface area contributed by atoms with E-state index in [0.29, 0.717) is 12.5 Å². The normalized spacial score (nSPS) is 30.6. The Morgan fingerprint density at radius 3 is 2.50 bits per heavy atom. The van der Waals surface area contributed by atoms with E-state index >= 15 is 0 Å². The molecule has 5 heteroatoms. The average Bonchev–Trinajstić information content (AvgIpc) is 3.15. The number of rotatable bonds is 10. The molecule has 0 bridgehead atoms. The number of hydrogen-bond donors (Lipinski definition) is 0. The van der Waals surface area contributed by atoms with E-state index in [1.54, 1.807) is 0 Å². The van der Waals surface area contributed by atoms with Crippen molar-refractivity contribution in [3.8, 4) is 0 Å². The van der Waals surface area contributed by atoms with Gasteiger partial charge in [0.05, 0.1) is 6.61 Å². The molecule has 1 spiro atoms. The summed E-state index contributed by atoms with van der Waals surface area (Å²) in [4.78, 5) is 5.13. The van der Waals surface area contributed by atoms with Crippen LogP contribution in [0.1, 0.15) is 80.1 Å². The highest BCUT2D eigenvalue weighted by Gasteiger charge is 2.49. The third kappa shape index (κ3) is 5.16. The molecule has 2 aliphatic heterocycles. The summed E-state index contributed by atoms with van der Waals surface area (Å²) in [5, 5.41) is 0. The number of hydrogen-bond acceptors (Lipinski definition) is 4. The molecular weight excluding hydrogens is 414 g/mol. The Morgan fingerprint density at radius 2 is 1.91 bits per heavy atom. The molecule has 0 unspecified atom stereocenters. The first-order chi connectivity index (χ1) is 15.3. The van der Waals surface area contributed by atoms with Crippen LogP contribution in [0.15, 0.2) is 28.8 Å². The zero-order valence-corrected chi connectivity index (χ0v) is 22.6. The Morgan fingerprint density at radius 1 is 1.19 bits per heavy atom. The number of allylic oxidation sites excluding steroid dienone is 1. The largest absolute Gasteiger partial charge is 0.416 e. The van der Waals surface area contributed by atoms with Crippen LogP contribution in [0.25, 0.3) is 0 Å². The summed E-state index contributed by atoms with van der Waals surface area (Å²) in [6.45, 7) is 19.8. The van der Waals surface area contributed by atoms with Crippen LogP contribution in [0.4, 0.5) is 0 Å². The molecule has 0 saturated carbocycles. The SMILES string of the molecule is C=CCCC1=NCCC[C@@]12CCC([C@@H]1COC(C)(C)O1)=C(C)[C@H]2CO[Si](CC)(CC)CC. The molecule has 182 valence electrons. The molecule has 0 aromatic heterocycles. The summed E-state index contributed by atoms with van der Waals surface area (Å²) in [5.74, 6) is -0.103. The zero-order valence-electron chi connectivity index (χ0n) is 21.6. The van der Waals surface area contributed by atoms with Gasteiger partial charge in [-0.3, -0.25) is 4.99 Å². The van der Waals surface area contributed by atoms with Crippen molar-refractivity contribution in [2.45, 2.75) is 110 Å². The maximum Gasteiger partial charge on any atom is 0.192 e.